The van der Waals surface area contributed by atoms with E-state index in [1.807, 2.05) is 0 Å². The maximum atomic E-state index is 13.4. The number of phenols is 2. The zero-order chi connectivity index (χ0) is 21.7. The van der Waals surface area contributed by atoms with Crippen molar-refractivity contribution in [3.8, 4) is 11.5 Å². The summed E-state index contributed by atoms with van der Waals surface area (Å²) in [5.41, 5.74) is 3.33. The predicted molar refractivity (Wildman–Crippen MR) is 116 cm³/mol. The second kappa shape index (κ2) is 9.83. The van der Waals surface area contributed by atoms with Crippen molar-refractivity contribution in [1.29, 1.82) is 0 Å². The first kappa shape index (κ1) is 21.9. The number of hydrogen-bond acceptors (Lipinski definition) is 5. The van der Waals surface area contributed by atoms with E-state index in [2.05, 4.69) is 25.1 Å². The molecule has 1 aliphatic rings. The number of aromatic nitrogens is 1. The third kappa shape index (κ3) is 4.86. The van der Waals surface area contributed by atoms with Crippen LogP contribution in [0.3, 0.4) is 0 Å². The van der Waals surface area contributed by atoms with Crippen LogP contribution in [0.5, 0.6) is 11.5 Å². The van der Waals surface area contributed by atoms with E-state index in [-0.39, 0.29) is 29.9 Å². The quantitative estimate of drug-likeness (QED) is 0.453. The molecule has 2 N–H and O–H groups in total. The molecule has 1 atom stereocenters. The molecule has 3 rings (SSSR count). The van der Waals surface area contributed by atoms with Gasteiger partial charge in [-0.1, -0.05) is 36.6 Å². The molecule has 0 radical (unpaired) electrons. The summed E-state index contributed by atoms with van der Waals surface area (Å²) in [6, 6.07) is 3.39. The Kier molecular flexibility index (Phi) is 7.19. The smallest absolute Gasteiger partial charge is 0.258 e. The number of carbonyl (C=O) groups excluding carboxylic acids is 1. The minimum atomic E-state index is -0.278. The zero-order valence-corrected chi connectivity index (χ0v) is 18.1. The van der Waals surface area contributed by atoms with Crippen molar-refractivity contribution < 1.29 is 19.5 Å². The molecule has 1 aromatic carbocycles. The van der Waals surface area contributed by atoms with Crippen LogP contribution in [-0.4, -0.2) is 33.2 Å². The number of nitrogens with zero attached hydrogens (tertiary/aromatic N) is 2. The van der Waals surface area contributed by atoms with Crippen LogP contribution in [0.4, 0.5) is 0 Å². The number of amides is 1. The maximum absolute atomic E-state index is 13.4. The highest BCUT2D eigenvalue weighted by atomic mass is 16.5. The first-order valence-electron chi connectivity index (χ1n) is 10.8. The average Bonchev–Trinajstić information content (AvgIpc) is 3.21. The second-order valence-electron chi connectivity index (χ2n) is 8.31. The number of unbranched alkanes of at least 4 members (excludes halogenated alkanes) is 2. The van der Waals surface area contributed by atoms with Crippen LogP contribution >= 0.6 is 0 Å². The summed E-state index contributed by atoms with van der Waals surface area (Å²) in [5, 5.41) is 25.9. The molecule has 0 saturated carbocycles. The molecule has 162 valence electrons. The highest BCUT2D eigenvalue weighted by Gasteiger charge is 2.29. The Morgan fingerprint density at radius 3 is 2.80 bits per heavy atom. The summed E-state index contributed by atoms with van der Waals surface area (Å²) in [6.45, 7) is 4.46. The number of hydrogen-bond donors (Lipinski definition) is 2. The maximum Gasteiger partial charge on any atom is 0.258 e. The van der Waals surface area contributed by atoms with E-state index in [9.17, 15) is 15.0 Å². The molecule has 6 heteroatoms. The first-order valence-corrected chi connectivity index (χ1v) is 10.8. The van der Waals surface area contributed by atoms with Crippen molar-refractivity contribution in [3.63, 3.8) is 0 Å². The fourth-order valence-electron chi connectivity index (χ4n) is 4.25. The SMILES string of the molecule is CCCCCc1cc(O)c(C2C=C(C)CCC2)c(O)c1C(=O)N(C)Cc1ccon1. The first-order chi connectivity index (χ1) is 14.4. The second-order valence-corrected chi connectivity index (χ2v) is 8.31. The van der Waals surface area contributed by atoms with Crippen LogP contribution in [-0.2, 0) is 13.0 Å². The standard InChI is InChI=1S/C24H32N2O4/c1-4-5-6-9-18-14-20(27)21(17-10-7-8-16(2)13-17)23(28)22(18)24(29)26(3)15-19-11-12-30-25-19/h11-14,17,27-28H,4-10,15H2,1-3H3. The molecule has 0 bridgehead atoms. The van der Waals surface area contributed by atoms with E-state index in [4.69, 9.17) is 4.52 Å². The highest BCUT2D eigenvalue weighted by molar-refractivity contribution is 5.99. The van der Waals surface area contributed by atoms with Crippen LogP contribution in [0.2, 0.25) is 0 Å². The van der Waals surface area contributed by atoms with Gasteiger partial charge in [-0.3, -0.25) is 4.79 Å². The summed E-state index contributed by atoms with van der Waals surface area (Å²) >= 11 is 0. The Balaban J connectivity index is 2.01. The van der Waals surface area contributed by atoms with E-state index in [0.717, 1.165) is 38.5 Å². The summed E-state index contributed by atoms with van der Waals surface area (Å²) in [6.07, 6.45) is 10.0. The number of aromatic hydroxyl groups is 2. The number of rotatable bonds is 8. The molecule has 0 fully saturated rings. The predicted octanol–water partition coefficient (Wildman–Crippen LogP) is 5.30. The van der Waals surface area contributed by atoms with Crippen LogP contribution < -0.4 is 0 Å². The van der Waals surface area contributed by atoms with Crippen molar-refractivity contribution in [2.75, 3.05) is 7.05 Å². The molecule has 1 amide bonds. The van der Waals surface area contributed by atoms with Gasteiger partial charge in [-0.25, -0.2) is 0 Å². The third-order valence-corrected chi connectivity index (χ3v) is 5.84. The van der Waals surface area contributed by atoms with Gasteiger partial charge in [0.15, 0.2) is 0 Å². The number of aryl methyl sites for hydroxylation is 1. The summed E-state index contributed by atoms with van der Waals surface area (Å²) in [4.78, 5) is 14.9. The molecule has 0 spiro atoms. The van der Waals surface area contributed by atoms with Crippen molar-refractivity contribution >= 4 is 5.91 Å². The lowest BCUT2D eigenvalue weighted by molar-refractivity contribution is 0.0777. The molecule has 1 heterocycles. The van der Waals surface area contributed by atoms with Gasteiger partial charge in [0.25, 0.3) is 5.91 Å². The molecule has 1 unspecified atom stereocenters. The van der Waals surface area contributed by atoms with Crippen molar-refractivity contribution in [1.82, 2.24) is 10.1 Å². The third-order valence-electron chi connectivity index (χ3n) is 5.84. The van der Waals surface area contributed by atoms with Gasteiger partial charge in [0.05, 0.1) is 12.1 Å². The Hall–Kier alpha value is -2.76. The molecular formula is C24H32N2O4. The molecule has 0 saturated heterocycles. The lowest BCUT2D eigenvalue weighted by Crippen LogP contribution is -2.28. The van der Waals surface area contributed by atoms with E-state index < -0.39 is 0 Å². The van der Waals surface area contributed by atoms with Crippen molar-refractivity contribution in [2.45, 2.75) is 71.3 Å². The number of carbonyl (C=O) groups is 1. The largest absolute Gasteiger partial charge is 0.507 e. The molecule has 30 heavy (non-hydrogen) atoms. The minimum absolute atomic E-state index is 0.0747. The van der Waals surface area contributed by atoms with Gasteiger partial charge in [0.1, 0.15) is 23.5 Å². The Morgan fingerprint density at radius 2 is 2.13 bits per heavy atom. The average molecular weight is 413 g/mol. The van der Waals surface area contributed by atoms with Gasteiger partial charge in [-0.15, -0.1) is 0 Å². The number of benzene rings is 1. The van der Waals surface area contributed by atoms with Gasteiger partial charge >= 0.3 is 0 Å². The molecule has 2 aromatic rings. The molecule has 0 aliphatic heterocycles. The van der Waals surface area contributed by atoms with Gasteiger partial charge in [0, 0.05) is 24.6 Å². The highest BCUT2D eigenvalue weighted by Crippen LogP contribution is 2.44. The Labute approximate surface area is 178 Å². The Morgan fingerprint density at radius 1 is 1.33 bits per heavy atom. The van der Waals surface area contributed by atoms with Crippen LogP contribution in [0.15, 0.2) is 34.6 Å². The van der Waals surface area contributed by atoms with Crippen LogP contribution in [0.25, 0.3) is 0 Å². The van der Waals surface area contributed by atoms with E-state index in [1.165, 1.54) is 16.7 Å². The van der Waals surface area contributed by atoms with Crippen molar-refractivity contribution in [2.24, 2.45) is 0 Å². The van der Waals surface area contributed by atoms with Gasteiger partial charge < -0.3 is 19.6 Å². The van der Waals surface area contributed by atoms with Gasteiger partial charge in [-0.2, -0.15) is 0 Å². The summed E-state index contributed by atoms with van der Waals surface area (Å²) < 4.78 is 4.86. The fraction of sp³-hybridized carbons (Fsp3) is 0.500. The minimum Gasteiger partial charge on any atom is -0.507 e. The zero-order valence-electron chi connectivity index (χ0n) is 18.1. The molecule has 1 aliphatic carbocycles. The molecule has 6 nitrogen and oxygen atoms in total. The summed E-state index contributed by atoms with van der Waals surface area (Å²) in [5.74, 6) is -0.379. The Bertz CT molecular complexity index is 902. The van der Waals surface area contributed by atoms with E-state index in [1.54, 1.807) is 19.2 Å². The van der Waals surface area contributed by atoms with Gasteiger partial charge in [0.2, 0.25) is 0 Å². The van der Waals surface area contributed by atoms with Crippen LogP contribution in [0.1, 0.15) is 85.5 Å². The summed E-state index contributed by atoms with van der Waals surface area (Å²) in [7, 11) is 1.68. The van der Waals surface area contributed by atoms with E-state index >= 15 is 0 Å². The van der Waals surface area contributed by atoms with Crippen LogP contribution in [0, 0.1) is 0 Å². The fourth-order valence-corrected chi connectivity index (χ4v) is 4.25. The van der Waals surface area contributed by atoms with Gasteiger partial charge in [-0.05, 0) is 50.7 Å². The number of allylic oxidation sites excluding steroid dienone is 2. The lowest BCUT2D eigenvalue weighted by atomic mass is 9.83. The normalized spacial score (nSPS) is 16.4. The molecular weight excluding hydrogens is 380 g/mol. The number of phenolic OH excluding ortho intramolecular Hbond substituents is 2. The molecule has 1 aromatic heterocycles. The lowest BCUT2D eigenvalue weighted by Gasteiger charge is -2.25. The van der Waals surface area contributed by atoms with Crippen molar-refractivity contribution in [3.05, 3.63) is 52.4 Å². The topological polar surface area (TPSA) is 86.8 Å². The van der Waals surface area contributed by atoms with E-state index in [0.29, 0.717) is 28.8 Å². The monoisotopic (exact) mass is 412 g/mol.